The van der Waals surface area contributed by atoms with E-state index in [2.05, 4.69) is 72.6 Å². The van der Waals surface area contributed by atoms with Crippen LogP contribution in [0.1, 0.15) is 81.2 Å². The van der Waals surface area contributed by atoms with Crippen LogP contribution in [0, 0.1) is 13.8 Å². The summed E-state index contributed by atoms with van der Waals surface area (Å²) in [5, 5.41) is 8.60. The molecule has 0 aliphatic heterocycles. The lowest BCUT2D eigenvalue weighted by atomic mass is 9.92. The summed E-state index contributed by atoms with van der Waals surface area (Å²) in [6.07, 6.45) is 8.43. The number of anilines is 2. The quantitative estimate of drug-likeness (QED) is 0.291. The van der Waals surface area contributed by atoms with Gasteiger partial charge in [0.05, 0.1) is 0 Å². The molecule has 1 saturated carbocycles. The molecule has 2 heterocycles. The van der Waals surface area contributed by atoms with E-state index in [0.717, 1.165) is 34.6 Å². The highest BCUT2D eigenvalue weighted by Gasteiger charge is 2.23. The second-order valence-corrected chi connectivity index (χ2v) is 10.3. The van der Waals surface area contributed by atoms with Crippen molar-refractivity contribution in [1.29, 1.82) is 0 Å². The van der Waals surface area contributed by atoms with Gasteiger partial charge in [0.15, 0.2) is 0 Å². The van der Waals surface area contributed by atoms with Crippen molar-refractivity contribution in [2.75, 3.05) is 30.9 Å². The molecule has 0 atom stereocenters. The maximum atomic E-state index is 12.5. The van der Waals surface area contributed by atoms with E-state index in [0.29, 0.717) is 18.5 Å². The Kier molecular flexibility index (Phi) is 12.5. The van der Waals surface area contributed by atoms with Crippen molar-refractivity contribution < 1.29 is 0 Å². The first-order valence-corrected chi connectivity index (χ1v) is 14.0. The van der Waals surface area contributed by atoms with Crippen molar-refractivity contribution in [3.8, 4) is 0 Å². The van der Waals surface area contributed by atoms with Crippen LogP contribution in [-0.4, -0.2) is 36.6 Å². The fourth-order valence-corrected chi connectivity index (χ4v) is 5.29. The van der Waals surface area contributed by atoms with Gasteiger partial charge >= 0.3 is 0 Å². The highest BCUT2D eigenvalue weighted by Crippen LogP contribution is 2.37. The standard InChI is InChI=1S/C28H38N4O.C2H7N.C2H4/c1-6-32(22-10-8-7-9-11-22)26-16-21(18(2)3)15-24-23(26)12-13-29-27(24)30-17-25-19(4)14-20(5)31-28(25)33;1-3-2;1-2/h12-16,18,22H,6-11,17H2,1-5H3,(H,29,30)(H,31,33);3H,1-2H3;1-2H2. The van der Waals surface area contributed by atoms with Crippen molar-refractivity contribution in [3.63, 3.8) is 0 Å². The van der Waals surface area contributed by atoms with E-state index < -0.39 is 0 Å². The number of benzene rings is 1. The van der Waals surface area contributed by atoms with Gasteiger partial charge in [-0.3, -0.25) is 4.79 Å². The third-order valence-corrected chi connectivity index (χ3v) is 7.14. The van der Waals surface area contributed by atoms with Crippen molar-refractivity contribution in [1.82, 2.24) is 15.3 Å². The molecule has 0 amide bonds. The van der Waals surface area contributed by atoms with E-state index >= 15 is 0 Å². The second kappa shape index (κ2) is 15.3. The molecule has 38 heavy (non-hydrogen) atoms. The number of H-pyrrole nitrogens is 1. The van der Waals surface area contributed by atoms with E-state index in [1.807, 2.05) is 40.2 Å². The third kappa shape index (κ3) is 7.70. The van der Waals surface area contributed by atoms with Crippen LogP contribution < -0.4 is 21.1 Å². The Labute approximate surface area is 230 Å². The van der Waals surface area contributed by atoms with Gasteiger partial charge in [-0.15, -0.1) is 13.2 Å². The molecule has 2 aromatic heterocycles. The van der Waals surface area contributed by atoms with Crippen LogP contribution in [0.4, 0.5) is 11.5 Å². The minimum atomic E-state index is -0.0294. The number of aromatic nitrogens is 2. The monoisotopic (exact) mass is 519 g/mol. The number of hydrogen-bond acceptors (Lipinski definition) is 5. The fraction of sp³-hybridized carbons (Fsp3) is 0.500. The molecular formula is C32H49N5O. The third-order valence-electron chi connectivity index (χ3n) is 7.14. The van der Waals surface area contributed by atoms with Gasteiger partial charge < -0.3 is 20.5 Å². The Morgan fingerprint density at radius 1 is 1.08 bits per heavy atom. The lowest BCUT2D eigenvalue weighted by Crippen LogP contribution is -2.36. The van der Waals surface area contributed by atoms with Gasteiger partial charge in [-0.1, -0.05) is 33.1 Å². The van der Waals surface area contributed by atoms with Crippen molar-refractivity contribution >= 4 is 22.3 Å². The molecule has 1 fully saturated rings. The van der Waals surface area contributed by atoms with E-state index in [4.69, 9.17) is 4.98 Å². The molecule has 3 N–H and O–H groups in total. The number of fused-ring (bicyclic) bond motifs is 1. The van der Waals surface area contributed by atoms with Crippen LogP contribution in [0.25, 0.3) is 10.8 Å². The van der Waals surface area contributed by atoms with E-state index in [-0.39, 0.29) is 5.56 Å². The maximum Gasteiger partial charge on any atom is 0.253 e. The summed E-state index contributed by atoms with van der Waals surface area (Å²) in [6, 6.07) is 9.44. The predicted octanol–water partition coefficient (Wildman–Crippen LogP) is 7.07. The van der Waals surface area contributed by atoms with Crippen LogP contribution in [0.2, 0.25) is 0 Å². The van der Waals surface area contributed by atoms with Crippen molar-refractivity contribution in [3.05, 3.63) is 76.4 Å². The normalized spacial score (nSPS) is 13.4. The zero-order chi connectivity index (χ0) is 28.2. The van der Waals surface area contributed by atoms with Crippen molar-refractivity contribution in [2.24, 2.45) is 0 Å². The van der Waals surface area contributed by atoms with Crippen LogP contribution >= 0.6 is 0 Å². The topological polar surface area (TPSA) is 73.0 Å². The van der Waals surface area contributed by atoms with Gasteiger partial charge in [0, 0.05) is 53.0 Å². The Balaban J connectivity index is 0.000000947. The molecule has 3 aromatic rings. The minimum absolute atomic E-state index is 0.0294. The van der Waals surface area contributed by atoms with Crippen molar-refractivity contribution in [2.45, 2.75) is 85.2 Å². The second-order valence-electron chi connectivity index (χ2n) is 10.3. The SMILES string of the molecule is C=C.CCN(c1cc(C(C)C)cc2c(NCc3c(C)cc(C)[nH]c3=O)nccc12)C1CCCCC1.CNC. The number of nitrogens with one attached hydrogen (secondary N) is 3. The molecular weight excluding hydrogens is 470 g/mol. The summed E-state index contributed by atoms with van der Waals surface area (Å²) in [5.41, 5.74) is 5.27. The summed E-state index contributed by atoms with van der Waals surface area (Å²) in [6.45, 7) is 18.1. The van der Waals surface area contributed by atoms with Crippen LogP contribution in [0.3, 0.4) is 0 Å². The number of aromatic amines is 1. The molecule has 0 bridgehead atoms. The zero-order valence-corrected chi connectivity index (χ0v) is 24.7. The Bertz CT molecular complexity index is 1210. The van der Waals surface area contributed by atoms with Crippen LogP contribution in [0.5, 0.6) is 0 Å². The Morgan fingerprint density at radius 2 is 1.74 bits per heavy atom. The average molecular weight is 520 g/mol. The zero-order valence-electron chi connectivity index (χ0n) is 24.7. The highest BCUT2D eigenvalue weighted by molar-refractivity contribution is 6.01. The lowest BCUT2D eigenvalue weighted by Gasteiger charge is -2.36. The molecule has 208 valence electrons. The van der Waals surface area contributed by atoms with E-state index in [1.54, 1.807) is 0 Å². The van der Waals surface area contributed by atoms with Gasteiger partial charge in [-0.05, 0) is 89.0 Å². The molecule has 0 unspecified atom stereocenters. The summed E-state index contributed by atoms with van der Waals surface area (Å²) >= 11 is 0. The first-order chi connectivity index (χ1) is 18.3. The fourth-order valence-electron chi connectivity index (χ4n) is 5.29. The summed E-state index contributed by atoms with van der Waals surface area (Å²) in [5.74, 6) is 1.27. The number of rotatable bonds is 7. The summed E-state index contributed by atoms with van der Waals surface area (Å²) < 4.78 is 0. The lowest BCUT2D eigenvalue weighted by molar-refractivity contribution is 0.418. The molecule has 1 aliphatic carbocycles. The van der Waals surface area contributed by atoms with E-state index in [1.165, 1.54) is 48.7 Å². The maximum absolute atomic E-state index is 12.5. The molecule has 1 aliphatic rings. The van der Waals surface area contributed by atoms with E-state index in [9.17, 15) is 4.79 Å². The van der Waals surface area contributed by atoms with Gasteiger partial charge in [-0.2, -0.15) is 0 Å². The first kappa shape index (κ1) is 31.1. The Morgan fingerprint density at radius 3 is 2.32 bits per heavy atom. The molecule has 0 spiro atoms. The average Bonchev–Trinajstić information content (AvgIpc) is 2.90. The predicted molar refractivity (Wildman–Crippen MR) is 166 cm³/mol. The molecule has 6 heteroatoms. The molecule has 4 rings (SSSR count). The van der Waals surface area contributed by atoms with Gasteiger partial charge in [0.2, 0.25) is 0 Å². The number of pyridine rings is 2. The first-order valence-electron chi connectivity index (χ1n) is 14.0. The molecule has 6 nitrogen and oxygen atoms in total. The largest absolute Gasteiger partial charge is 0.368 e. The molecule has 0 radical (unpaired) electrons. The summed E-state index contributed by atoms with van der Waals surface area (Å²) in [7, 11) is 3.75. The summed E-state index contributed by atoms with van der Waals surface area (Å²) in [4.78, 5) is 22.8. The van der Waals surface area contributed by atoms with Crippen LogP contribution in [0.15, 0.2) is 48.4 Å². The highest BCUT2D eigenvalue weighted by atomic mass is 16.1. The minimum Gasteiger partial charge on any atom is -0.368 e. The molecule has 1 aromatic carbocycles. The van der Waals surface area contributed by atoms with Gasteiger partial charge in [0.25, 0.3) is 5.56 Å². The van der Waals surface area contributed by atoms with Crippen LogP contribution in [-0.2, 0) is 6.54 Å². The number of nitrogens with zero attached hydrogens (tertiary/aromatic N) is 2. The van der Waals surface area contributed by atoms with Gasteiger partial charge in [-0.25, -0.2) is 4.98 Å². The number of aryl methyl sites for hydroxylation is 2. The molecule has 0 saturated heterocycles. The Hall–Kier alpha value is -3.12. The smallest absolute Gasteiger partial charge is 0.253 e. The van der Waals surface area contributed by atoms with Gasteiger partial charge in [0.1, 0.15) is 5.82 Å². The number of hydrogen-bond donors (Lipinski definition) is 3.